The highest BCUT2D eigenvalue weighted by molar-refractivity contribution is 7.28. The van der Waals surface area contributed by atoms with Gasteiger partial charge in [0.15, 0.2) is 17.5 Å². The molecule has 3 nitrogen and oxygen atoms in total. The van der Waals surface area contributed by atoms with Crippen molar-refractivity contribution < 1.29 is 0 Å². The van der Waals surface area contributed by atoms with Crippen LogP contribution in [0.4, 0.5) is 0 Å². The molecule has 38 heavy (non-hydrogen) atoms. The Hall–Kier alpha value is -4.45. The number of nitrogens with zero attached hydrogens (tertiary/aromatic N) is 3. The fraction of sp³-hybridized carbons (Fsp3) is 0. The zero-order chi connectivity index (χ0) is 25.1. The highest BCUT2D eigenvalue weighted by Crippen LogP contribution is 2.46. The highest BCUT2D eigenvalue weighted by atomic mass is 32.1. The van der Waals surface area contributed by atoms with Gasteiger partial charge in [-0.3, -0.25) is 0 Å². The molecule has 0 amide bonds. The third kappa shape index (κ3) is 3.36. The Morgan fingerprint density at radius 2 is 0.947 bits per heavy atom. The van der Waals surface area contributed by atoms with Gasteiger partial charge in [0.05, 0.1) is 0 Å². The lowest BCUT2D eigenvalue weighted by Crippen LogP contribution is -2.00. The molecule has 3 heterocycles. The molecular weight excluding hydrogens is 503 g/mol. The molecule has 0 unspecified atom stereocenters. The Morgan fingerprint density at radius 1 is 0.395 bits per heavy atom. The maximum Gasteiger partial charge on any atom is 0.165 e. The molecule has 5 heteroatoms. The van der Waals surface area contributed by atoms with E-state index in [0.717, 1.165) is 16.7 Å². The van der Waals surface area contributed by atoms with Crippen molar-refractivity contribution in [3.05, 3.63) is 115 Å². The van der Waals surface area contributed by atoms with Crippen molar-refractivity contribution in [1.82, 2.24) is 15.0 Å². The minimum Gasteiger partial charge on any atom is -0.208 e. The van der Waals surface area contributed by atoms with Crippen LogP contribution in [-0.4, -0.2) is 15.0 Å². The zero-order valence-corrected chi connectivity index (χ0v) is 21.8. The Morgan fingerprint density at radius 3 is 1.66 bits per heavy atom. The van der Waals surface area contributed by atoms with Crippen molar-refractivity contribution in [2.24, 2.45) is 0 Å². The topological polar surface area (TPSA) is 38.7 Å². The summed E-state index contributed by atoms with van der Waals surface area (Å²) in [6.07, 6.45) is 0. The lowest BCUT2D eigenvalue weighted by atomic mass is 10.0. The van der Waals surface area contributed by atoms with Gasteiger partial charge < -0.3 is 0 Å². The first kappa shape index (κ1) is 21.6. The van der Waals surface area contributed by atoms with Crippen molar-refractivity contribution in [2.45, 2.75) is 0 Å². The van der Waals surface area contributed by atoms with Gasteiger partial charge >= 0.3 is 0 Å². The molecule has 0 saturated carbocycles. The second-order valence-corrected chi connectivity index (χ2v) is 11.4. The maximum atomic E-state index is 5.01. The first-order valence-corrected chi connectivity index (χ1v) is 14.1. The Labute approximate surface area is 226 Å². The molecule has 3 aromatic heterocycles. The van der Waals surface area contributed by atoms with Crippen LogP contribution in [0.1, 0.15) is 0 Å². The van der Waals surface area contributed by atoms with Gasteiger partial charge in [0, 0.05) is 57.0 Å². The van der Waals surface area contributed by atoms with Gasteiger partial charge in [-0.25, -0.2) is 15.0 Å². The Balaban J connectivity index is 1.43. The maximum absolute atomic E-state index is 5.01. The molecule has 0 atom stereocenters. The van der Waals surface area contributed by atoms with Crippen LogP contribution < -0.4 is 0 Å². The number of rotatable bonds is 3. The summed E-state index contributed by atoms with van der Waals surface area (Å²) in [5.74, 6) is 2.05. The molecule has 0 N–H and O–H groups in total. The van der Waals surface area contributed by atoms with Crippen molar-refractivity contribution in [3.8, 4) is 34.2 Å². The monoisotopic (exact) mass is 521 g/mol. The van der Waals surface area contributed by atoms with Crippen LogP contribution in [0.15, 0.2) is 115 Å². The molecule has 0 radical (unpaired) electrons. The molecule has 0 spiro atoms. The normalized spacial score (nSPS) is 11.7. The van der Waals surface area contributed by atoms with Crippen LogP contribution in [0.2, 0.25) is 0 Å². The number of fused-ring (bicyclic) bond motifs is 7. The SMILES string of the molecule is c1ccc(-c2nc(-c3ccccc3)nc(-c3cccc4c3sc3ccc5sc6ccccc6c5c34)n2)cc1. The summed E-state index contributed by atoms with van der Waals surface area (Å²) in [6, 6.07) is 40.0. The van der Waals surface area contributed by atoms with Crippen molar-refractivity contribution in [3.63, 3.8) is 0 Å². The average Bonchev–Trinajstić information content (AvgIpc) is 3.56. The van der Waals surface area contributed by atoms with Crippen LogP contribution >= 0.6 is 22.7 Å². The van der Waals surface area contributed by atoms with E-state index in [2.05, 4.69) is 54.6 Å². The average molecular weight is 522 g/mol. The third-order valence-corrected chi connectivity index (χ3v) is 9.28. The largest absolute Gasteiger partial charge is 0.208 e. The second kappa shape index (κ2) is 8.55. The van der Waals surface area contributed by atoms with E-state index in [0.29, 0.717) is 17.5 Å². The van der Waals surface area contributed by atoms with E-state index >= 15 is 0 Å². The van der Waals surface area contributed by atoms with E-state index in [1.807, 2.05) is 83.3 Å². The van der Waals surface area contributed by atoms with Gasteiger partial charge in [0.2, 0.25) is 0 Å². The summed E-state index contributed by atoms with van der Waals surface area (Å²) in [7, 11) is 0. The summed E-state index contributed by atoms with van der Waals surface area (Å²) < 4.78 is 5.13. The minimum absolute atomic E-state index is 0.679. The fourth-order valence-corrected chi connectivity index (χ4v) is 7.54. The molecule has 178 valence electrons. The molecule has 0 aliphatic rings. The van der Waals surface area contributed by atoms with E-state index in [-0.39, 0.29) is 0 Å². The first-order chi connectivity index (χ1) is 18.8. The third-order valence-electron chi connectivity index (χ3n) is 6.94. The Kier molecular flexibility index (Phi) is 4.87. The van der Waals surface area contributed by atoms with E-state index in [1.165, 1.54) is 40.3 Å². The molecular formula is C33H19N3S2. The fourth-order valence-electron chi connectivity index (χ4n) is 5.21. The molecule has 0 bridgehead atoms. The summed E-state index contributed by atoms with van der Waals surface area (Å²) in [6.45, 7) is 0. The van der Waals surface area contributed by atoms with Gasteiger partial charge in [0.1, 0.15) is 0 Å². The molecule has 5 aromatic carbocycles. The molecule has 8 aromatic rings. The van der Waals surface area contributed by atoms with Crippen LogP contribution in [-0.2, 0) is 0 Å². The van der Waals surface area contributed by atoms with Gasteiger partial charge in [-0.05, 0) is 24.3 Å². The number of aromatic nitrogens is 3. The van der Waals surface area contributed by atoms with Crippen LogP contribution in [0.3, 0.4) is 0 Å². The van der Waals surface area contributed by atoms with Crippen LogP contribution in [0.25, 0.3) is 74.5 Å². The summed E-state index contributed by atoms with van der Waals surface area (Å²) in [5, 5.41) is 5.24. The minimum atomic E-state index is 0.679. The summed E-state index contributed by atoms with van der Waals surface area (Å²) in [5.41, 5.74) is 2.99. The van der Waals surface area contributed by atoms with E-state index < -0.39 is 0 Å². The van der Waals surface area contributed by atoms with Gasteiger partial charge in [-0.15, -0.1) is 22.7 Å². The lowest BCUT2D eigenvalue weighted by Gasteiger charge is -2.09. The van der Waals surface area contributed by atoms with Crippen molar-refractivity contribution >= 4 is 63.0 Å². The van der Waals surface area contributed by atoms with E-state index in [9.17, 15) is 0 Å². The van der Waals surface area contributed by atoms with Crippen LogP contribution in [0, 0.1) is 0 Å². The number of benzene rings is 5. The quantitative estimate of drug-likeness (QED) is 0.232. The highest BCUT2D eigenvalue weighted by Gasteiger charge is 2.18. The number of thiophene rings is 2. The molecule has 0 saturated heterocycles. The van der Waals surface area contributed by atoms with Gasteiger partial charge in [-0.1, -0.05) is 91.0 Å². The smallest absolute Gasteiger partial charge is 0.165 e. The summed E-state index contributed by atoms with van der Waals surface area (Å²) >= 11 is 3.68. The van der Waals surface area contributed by atoms with Crippen molar-refractivity contribution in [1.29, 1.82) is 0 Å². The van der Waals surface area contributed by atoms with Gasteiger partial charge in [-0.2, -0.15) is 0 Å². The molecule has 0 aliphatic carbocycles. The predicted molar refractivity (Wildman–Crippen MR) is 162 cm³/mol. The van der Waals surface area contributed by atoms with Crippen LogP contribution in [0.5, 0.6) is 0 Å². The van der Waals surface area contributed by atoms with Crippen molar-refractivity contribution in [2.75, 3.05) is 0 Å². The van der Waals surface area contributed by atoms with E-state index in [4.69, 9.17) is 15.0 Å². The number of hydrogen-bond acceptors (Lipinski definition) is 5. The molecule has 8 rings (SSSR count). The Bertz CT molecular complexity index is 2070. The lowest BCUT2D eigenvalue weighted by molar-refractivity contribution is 1.08. The second-order valence-electron chi connectivity index (χ2n) is 9.23. The summed E-state index contributed by atoms with van der Waals surface area (Å²) in [4.78, 5) is 14.9. The molecule has 0 aliphatic heterocycles. The number of hydrogen-bond donors (Lipinski definition) is 0. The van der Waals surface area contributed by atoms with Gasteiger partial charge in [0.25, 0.3) is 0 Å². The predicted octanol–water partition coefficient (Wildman–Crippen LogP) is 9.61. The standard InChI is InChI=1S/C33H19N3S2/c1-3-10-20(11-4-1)31-34-32(21-12-5-2-6-13-21)36-33(35-31)24-16-9-15-23-29-27(38-30(23)24)19-18-26-28(29)22-14-7-8-17-25(22)37-26/h1-19H. The van der Waals surface area contributed by atoms with E-state index in [1.54, 1.807) is 0 Å². The first-order valence-electron chi connectivity index (χ1n) is 12.5. The molecule has 0 fully saturated rings. The zero-order valence-electron chi connectivity index (χ0n) is 20.1.